The first-order valence-corrected chi connectivity index (χ1v) is 5.40. The van der Waals surface area contributed by atoms with E-state index in [-0.39, 0.29) is 10.9 Å². The van der Waals surface area contributed by atoms with E-state index in [1.165, 1.54) is 0 Å². The highest BCUT2D eigenvalue weighted by Gasteiger charge is 2.10. The van der Waals surface area contributed by atoms with Gasteiger partial charge in [-0.2, -0.15) is 0 Å². The van der Waals surface area contributed by atoms with Gasteiger partial charge in [0.15, 0.2) is 5.82 Å². The number of nitrogens with zero attached hydrogens (tertiary/aromatic N) is 3. The molecular weight excluding hydrogens is 214 g/mol. The average Bonchev–Trinajstić information content (AvgIpc) is 2.17. The number of anilines is 1. The van der Waals surface area contributed by atoms with Crippen molar-refractivity contribution >= 4 is 17.4 Å². The van der Waals surface area contributed by atoms with Crippen molar-refractivity contribution in [1.29, 1.82) is 0 Å². The van der Waals surface area contributed by atoms with Crippen LogP contribution in [0, 0.1) is 0 Å². The van der Waals surface area contributed by atoms with Crippen molar-refractivity contribution in [1.82, 2.24) is 9.55 Å². The smallest absolute Gasteiger partial charge is 0.293 e. The molecular formula is C10H16ClN3O. The number of rotatable bonds is 4. The Hall–Kier alpha value is -1.03. The lowest BCUT2D eigenvalue weighted by atomic mass is 10.4. The van der Waals surface area contributed by atoms with Gasteiger partial charge in [-0.05, 0) is 13.8 Å². The van der Waals surface area contributed by atoms with Crippen LogP contribution in [0.4, 0.5) is 5.82 Å². The summed E-state index contributed by atoms with van der Waals surface area (Å²) in [5.74, 6) is 0.451. The minimum Gasteiger partial charge on any atom is -0.354 e. The van der Waals surface area contributed by atoms with E-state index in [1.54, 1.807) is 21.9 Å². The fourth-order valence-electron chi connectivity index (χ4n) is 1.41. The molecule has 0 aliphatic carbocycles. The first-order valence-electron chi connectivity index (χ1n) is 4.97. The number of aromatic nitrogens is 2. The molecule has 0 spiro atoms. The van der Waals surface area contributed by atoms with Crippen molar-refractivity contribution in [2.24, 2.45) is 0 Å². The first-order chi connectivity index (χ1) is 7.06. The second kappa shape index (κ2) is 5.16. The highest BCUT2D eigenvalue weighted by Crippen LogP contribution is 2.04. The van der Waals surface area contributed by atoms with Gasteiger partial charge in [-0.1, -0.05) is 0 Å². The first kappa shape index (κ1) is 12.0. The molecule has 1 aromatic heterocycles. The van der Waals surface area contributed by atoms with Gasteiger partial charge in [-0.25, -0.2) is 4.98 Å². The van der Waals surface area contributed by atoms with Gasteiger partial charge in [0, 0.05) is 37.9 Å². The number of aryl methyl sites for hydroxylation is 1. The molecule has 5 heteroatoms. The maximum atomic E-state index is 11.8. The van der Waals surface area contributed by atoms with E-state index >= 15 is 0 Å². The Bertz CT molecular complexity index is 375. The Kier molecular flexibility index (Phi) is 4.15. The lowest BCUT2D eigenvalue weighted by molar-refractivity contribution is 0.706. The van der Waals surface area contributed by atoms with E-state index in [0.717, 1.165) is 0 Å². The molecule has 0 radical (unpaired) electrons. The van der Waals surface area contributed by atoms with Crippen LogP contribution in [0.2, 0.25) is 0 Å². The van der Waals surface area contributed by atoms with Crippen LogP contribution in [0.15, 0.2) is 17.2 Å². The summed E-state index contributed by atoms with van der Waals surface area (Å²) in [7, 11) is 1.82. The summed E-state index contributed by atoms with van der Waals surface area (Å²) in [5, 5.41) is -0.00789. The Labute approximate surface area is 94.5 Å². The van der Waals surface area contributed by atoms with Crippen molar-refractivity contribution in [2.75, 3.05) is 18.5 Å². The van der Waals surface area contributed by atoms with Gasteiger partial charge in [0.25, 0.3) is 5.56 Å². The molecule has 0 saturated carbocycles. The van der Waals surface area contributed by atoms with E-state index in [2.05, 4.69) is 4.98 Å². The fraction of sp³-hybridized carbons (Fsp3) is 0.600. The number of hydrogen-bond donors (Lipinski definition) is 0. The summed E-state index contributed by atoms with van der Waals surface area (Å²) in [5.41, 5.74) is -0.0696. The Balaban J connectivity index is 2.99. The lowest BCUT2D eigenvalue weighted by Crippen LogP contribution is -2.33. The maximum absolute atomic E-state index is 11.8. The van der Waals surface area contributed by atoms with Crippen LogP contribution in [-0.2, 0) is 6.54 Å². The van der Waals surface area contributed by atoms with Gasteiger partial charge < -0.3 is 9.47 Å². The summed E-state index contributed by atoms with van der Waals surface area (Å²) in [6.07, 6.45) is 3.32. The molecule has 1 aromatic rings. The van der Waals surface area contributed by atoms with E-state index in [4.69, 9.17) is 11.6 Å². The molecule has 0 aromatic carbocycles. The standard InChI is InChI=1S/C10H16ClN3O/c1-4-14-6-5-12-9(10(14)15)13(3)7-8(2)11/h5-6,8H,4,7H2,1-3H3. The molecule has 0 fully saturated rings. The van der Waals surface area contributed by atoms with Crippen molar-refractivity contribution < 1.29 is 0 Å². The third-order valence-electron chi connectivity index (χ3n) is 2.12. The minimum absolute atomic E-state index is 0.00789. The third-order valence-corrected chi connectivity index (χ3v) is 2.26. The minimum atomic E-state index is -0.0696. The van der Waals surface area contributed by atoms with Gasteiger partial charge in [0.2, 0.25) is 0 Å². The zero-order valence-electron chi connectivity index (χ0n) is 9.27. The van der Waals surface area contributed by atoms with Crippen molar-refractivity contribution in [2.45, 2.75) is 25.8 Å². The Morgan fingerprint density at radius 3 is 2.87 bits per heavy atom. The van der Waals surface area contributed by atoms with Gasteiger partial charge >= 0.3 is 0 Å². The lowest BCUT2D eigenvalue weighted by Gasteiger charge is -2.19. The predicted molar refractivity (Wildman–Crippen MR) is 62.8 cm³/mol. The van der Waals surface area contributed by atoms with Gasteiger partial charge in [0.1, 0.15) is 0 Å². The van der Waals surface area contributed by atoms with E-state index in [0.29, 0.717) is 18.9 Å². The molecule has 0 amide bonds. The topological polar surface area (TPSA) is 38.1 Å². The third kappa shape index (κ3) is 2.96. The largest absolute Gasteiger partial charge is 0.354 e. The highest BCUT2D eigenvalue weighted by atomic mass is 35.5. The van der Waals surface area contributed by atoms with Crippen molar-refractivity contribution in [3.8, 4) is 0 Å². The highest BCUT2D eigenvalue weighted by molar-refractivity contribution is 6.20. The van der Waals surface area contributed by atoms with Crippen LogP contribution in [0.1, 0.15) is 13.8 Å². The van der Waals surface area contributed by atoms with Crippen molar-refractivity contribution in [3.63, 3.8) is 0 Å². The SMILES string of the molecule is CCn1ccnc(N(C)CC(C)Cl)c1=O. The molecule has 84 valence electrons. The molecule has 1 rings (SSSR count). The summed E-state index contributed by atoms with van der Waals surface area (Å²) in [4.78, 5) is 17.7. The van der Waals surface area contributed by atoms with Crippen LogP contribution in [0.5, 0.6) is 0 Å². The molecule has 0 saturated heterocycles. The Morgan fingerprint density at radius 1 is 1.67 bits per heavy atom. The van der Waals surface area contributed by atoms with Crippen LogP contribution in [-0.4, -0.2) is 28.5 Å². The molecule has 0 N–H and O–H groups in total. The van der Waals surface area contributed by atoms with Gasteiger partial charge in [-0.3, -0.25) is 4.79 Å². The van der Waals surface area contributed by atoms with Gasteiger partial charge in [0.05, 0.1) is 0 Å². The molecule has 4 nitrogen and oxygen atoms in total. The van der Waals surface area contributed by atoms with E-state index in [1.807, 2.05) is 20.9 Å². The summed E-state index contributed by atoms with van der Waals surface area (Å²) < 4.78 is 1.62. The average molecular weight is 230 g/mol. The molecule has 0 aliphatic rings. The summed E-state index contributed by atoms with van der Waals surface area (Å²) in [6, 6.07) is 0. The monoisotopic (exact) mass is 229 g/mol. The predicted octanol–water partition coefficient (Wildman–Crippen LogP) is 1.33. The maximum Gasteiger partial charge on any atom is 0.293 e. The van der Waals surface area contributed by atoms with Gasteiger partial charge in [-0.15, -0.1) is 11.6 Å². The van der Waals surface area contributed by atoms with Crippen LogP contribution < -0.4 is 10.5 Å². The van der Waals surface area contributed by atoms with Crippen LogP contribution in [0.25, 0.3) is 0 Å². The number of hydrogen-bond acceptors (Lipinski definition) is 3. The molecule has 0 bridgehead atoms. The second-order valence-electron chi connectivity index (χ2n) is 3.50. The number of halogens is 1. The molecule has 1 unspecified atom stereocenters. The normalized spacial score (nSPS) is 12.5. The Morgan fingerprint density at radius 2 is 2.33 bits per heavy atom. The number of alkyl halides is 1. The molecule has 1 heterocycles. The molecule has 0 aliphatic heterocycles. The zero-order chi connectivity index (χ0) is 11.4. The summed E-state index contributed by atoms with van der Waals surface area (Å²) >= 11 is 5.87. The molecule has 1 atom stereocenters. The van der Waals surface area contributed by atoms with E-state index in [9.17, 15) is 4.79 Å². The van der Waals surface area contributed by atoms with Crippen LogP contribution in [0.3, 0.4) is 0 Å². The molecule has 15 heavy (non-hydrogen) atoms. The zero-order valence-corrected chi connectivity index (χ0v) is 10.0. The van der Waals surface area contributed by atoms with E-state index < -0.39 is 0 Å². The second-order valence-corrected chi connectivity index (χ2v) is 4.25. The fourth-order valence-corrected chi connectivity index (χ4v) is 1.62. The van der Waals surface area contributed by atoms with Crippen molar-refractivity contribution in [3.05, 3.63) is 22.7 Å². The quantitative estimate of drug-likeness (QED) is 0.732. The summed E-state index contributed by atoms with van der Waals surface area (Å²) in [6.45, 7) is 5.07. The van der Waals surface area contributed by atoms with Crippen LogP contribution >= 0.6 is 11.6 Å².